The zero-order chi connectivity index (χ0) is 16.5. The molecule has 1 aliphatic heterocycles. The zero-order valence-electron chi connectivity index (χ0n) is 13.3. The summed E-state index contributed by atoms with van der Waals surface area (Å²) in [6.45, 7) is 5.23. The van der Waals surface area contributed by atoms with E-state index in [-0.39, 0.29) is 4.90 Å². The summed E-state index contributed by atoms with van der Waals surface area (Å²) < 4.78 is 38.7. The Labute approximate surface area is 140 Å². The molecule has 0 amide bonds. The van der Waals surface area contributed by atoms with E-state index in [1.807, 2.05) is 0 Å². The Kier molecular flexibility index (Phi) is 5.40. The fraction of sp³-hybridized carbons (Fsp3) is 0.600. The summed E-state index contributed by atoms with van der Waals surface area (Å²) in [5.74, 6) is 1.49. The smallest absolute Gasteiger partial charge is 0.246 e. The van der Waals surface area contributed by atoms with E-state index in [0.29, 0.717) is 40.9 Å². The predicted molar refractivity (Wildman–Crippen MR) is 88.9 cm³/mol. The van der Waals surface area contributed by atoms with Gasteiger partial charge in [-0.25, -0.2) is 8.42 Å². The van der Waals surface area contributed by atoms with Crippen molar-refractivity contribution in [2.75, 3.05) is 27.3 Å². The first-order valence-electron chi connectivity index (χ1n) is 7.21. The third-order valence-electron chi connectivity index (χ3n) is 3.89. The van der Waals surface area contributed by atoms with Crippen LogP contribution in [0.3, 0.4) is 0 Å². The van der Waals surface area contributed by atoms with Crippen LogP contribution >= 0.6 is 15.9 Å². The van der Waals surface area contributed by atoms with Gasteiger partial charge in [-0.05, 0) is 40.3 Å². The van der Waals surface area contributed by atoms with Crippen molar-refractivity contribution < 1.29 is 17.9 Å². The Morgan fingerprint density at radius 1 is 1.09 bits per heavy atom. The minimum absolute atomic E-state index is 0.149. The molecule has 7 heteroatoms. The monoisotopic (exact) mass is 391 g/mol. The highest BCUT2D eigenvalue weighted by Crippen LogP contribution is 2.37. The summed E-state index contributed by atoms with van der Waals surface area (Å²) in [5.41, 5.74) is 0. The van der Waals surface area contributed by atoms with Gasteiger partial charge in [0.15, 0.2) is 0 Å². The van der Waals surface area contributed by atoms with Crippen molar-refractivity contribution in [3.8, 4) is 11.5 Å². The lowest BCUT2D eigenvalue weighted by atomic mass is 9.94. The predicted octanol–water partition coefficient (Wildman–Crippen LogP) is 3.13. The van der Waals surface area contributed by atoms with Gasteiger partial charge in [-0.3, -0.25) is 0 Å². The van der Waals surface area contributed by atoms with E-state index in [9.17, 15) is 8.42 Å². The largest absolute Gasteiger partial charge is 0.496 e. The van der Waals surface area contributed by atoms with Gasteiger partial charge in [0.2, 0.25) is 10.0 Å². The maximum atomic E-state index is 13.0. The Hall–Kier alpha value is -0.790. The van der Waals surface area contributed by atoms with Crippen molar-refractivity contribution >= 4 is 26.0 Å². The highest BCUT2D eigenvalue weighted by molar-refractivity contribution is 9.10. The van der Waals surface area contributed by atoms with Gasteiger partial charge in [0.05, 0.1) is 18.7 Å². The average Bonchev–Trinajstić information content (AvgIpc) is 2.45. The molecular weight excluding hydrogens is 370 g/mol. The standard InChI is InChI=1S/C15H22BrNO4S/c1-10-5-11(2)9-17(8-10)22(18,19)15-7-13(20-3)12(16)6-14(15)21-4/h6-7,10-11H,5,8-9H2,1-4H3/t10-,11+. The molecule has 5 nitrogen and oxygen atoms in total. The molecule has 0 unspecified atom stereocenters. The number of methoxy groups -OCH3 is 2. The van der Waals surface area contributed by atoms with Gasteiger partial charge in [0.25, 0.3) is 0 Å². The Morgan fingerprint density at radius 2 is 1.64 bits per heavy atom. The molecule has 1 aliphatic rings. The number of benzene rings is 1. The molecule has 2 rings (SSSR count). The highest BCUT2D eigenvalue weighted by atomic mass is 79.9. The van der Waals surface area contributed by atoms with Crippen LogP contribution in [0.25, 0.3) is 0 Å². The summed E-state index contributed by atoms with van der Waals surface area (Å²) in [6.07, 6.45) is 1.05. The van der Waals surface area contributed by atoms with Crippen LogP contribution in [0.2, 0.25) is 0 Å². The summed E-state index contributed by atoms with van der Waals surface area (Å²) in [6, 6.07) is 3.14. The lowest BCUT2D eigenvalue weighted by Crippen LogP contribution is -2.42. The zero-order valence-corrected chi connectivity index (χ0v) is 15.7. The topological polar surface area (TPSA) is 55.8 Å². The maximum absolute atomic E-state index is 13.0. The van der Waals surface area contributed by atoms with Crippen LogP contribution < -0.4 is 9.47 Å². The Bertz CT molecular complexity index is 637. The maximum Gasteiger partial charge on any atom is 0.246 e. The average molecular weight is 392 g/mol. The third-order valence-corrected chi connectivity index (χ3v) is 6.36. The number of rotatable bonds is 4. The molecule has 0 radical (unpaired) electrons. The molecule has 1 saturated heterocycles. The van der Waals surface area contributed by atoms with E-state index in [1.165, 1.54) is 20.3 Å². The molecule has 124 valence electrons. The van der Waals surface area contributed by atoms with Gasteiger partial charge < -0.3 is 9.47 Å². The molecule has 1 fully saturated rings. The Morgan fingerprint density at radius 3 is 2.14 bits per heavy atom. The van der Waals surface area contributed by atoms with E-state index >= 15 is 0 Å². The third kappa shape index (κ3) is 3.41. The number of piperidine rings is 1. The van der Waals surface area contributed by atoms with Gasteiger partial charge in [-0.15, -0.1) is 0 Å². The second kappa shape index (κ2) is 6.76. The normalized spacial score (nSPS) is 23.3. The second-order valence-corrected chi connectivity index (χ2v) is 8.67. The summed E-state index contributed by atoms with van der Waals surface area (Å²) in [4.78, 5) is 0.149. The molecule has 0 bridgehead atoms. The van der Waals surface area contributed by atoms with E-state index in [2.05, 4.69) is 29.8 Å². The number of sulfonamides is 1. The molecule has 1 heterocycles. The van der Waals surface area contributed by atoms with Crippen LogP contribution in [-0.2, 0) is 10.0 Å². The summed E-state index contributed by atoms with van der Waals surface area (Å²) >= 11 is 3.35. The quantitative estimate of drug-likeness (QED) is 0.790. The molecule has 22 heavy (non-hydrogen) atoms. The lowest BCUT2D eigenvalue weighted by Gasteiger charge is -2.34. The van der Waals surface area contributed by atoms with Gasteiger partial charge in [-0.2, -0.15) is 4.31 Å². The lowest BCUT2D eigenvalue weighted by molar-refractivity contribution is 0.222. The summed E-state index contributed by atoms with van der Waals surface area (Å²) in [5, 5.41) is 0. The number of nitrogens with zero attached hydrogens (tertiary/aromatic N) is 1. The fourth-order valence-electron chi connectivity index (χ4n) is 2.98. The van der Waals surface area contributed by atoms with E-state index in [4.69, 9.17) is 9.47 Å². The first kappa shape index (κ1) is 17.6. The van der Waals surface area contributed by atoms with Crippen LogP contribution in [0.15, 0.2) is 21.5 Å². The Balaban J connectivity index is 2.48. The molecule has 0 aromatic heterocycles. The van der Waals surface area contributed by atoms with E-state index < -0.39 is 10.0 Å². The first-order chi connectivity index (χ1) is 10.3. The van der Waals surface area contributed by atoms with E-state index in [0.717, 1.165) is 6.42 Å². The molecule has 0 N–H and O–H groups in total. The van der Waals surface area contributed by atoms with Crippen molar-refractivity contribution in [2.24, 2.45) is 11.8 Å². The second-order valence-electron chi connectivity index (χ2n) is 5.91. The molecule has 1 aromatic rings. The minimum Gasteiger partial charge on any atom is -0.496 e. The minimum atomic E-state index is -3.61. The SMILES string of the molecule is COc1cc(S(=O)(=O)N2C[C@H](C)C[C@H](C)C2)c(OC)cc1Br. The molecule has 0 spiro atoms. The van der Waals surface area contributed by atoms with Gasteiger partial charge in [-0.1, -0.05) is 13.8 Å². The highest BCUT2D eigenvalue weighted by Gasteiger charge is 2.34. The number of halogens is 1. The van der Waals surface area contributed by atoms with Crippen molar-refractivity contribution in [2.45, 2.75) is 25.2 Å². The van der Waals surface area contributed by atoms with E-state index in [1.54, 1.807) is 10.4 Å². The van der Waals surface area contributed by atoms with Gasteiger partial charge in [0.1, 0.15) is 16.4 Å². The van der Waals surface area contributed by atoms with Gasteiger partial charge >= 0.3 is 0 Å². The number of hydrogen-bond acceptors (Lipinski definition) is 4. The molecule has 2 atom stereocenters. The van der Waals surface area contributed by atoms with Crippen molar-refractivity contribution in [1.82, 2.24) is 4.31 Å². The molecular formula is C15H22BrNO4S. The number of ether oxygens (including phenoxy) is 2. The van der Waals surface area contributed by atoms with Crippen LogP contribution in [-0.4, -0.2) is 40.0 Å². The van der Waals surface area contributed by atoms with Crippen LogP contribution in [0.1, 0.15) is 20.3 Å². The summed E-state index contributed by atoms with van der Waals surface area (Å²) in [7, 11) is -0.638. The van der Waals surface area contributed by atoms with Crippen LogP contribution in [0.4, 0.5) is 0 Å². The molecule has 0 saturated carbocycles. The first-order valence-corrected chi connectivity index (χ1v) is 9.44. The van der Waals surface area contributed by atoms with Crippen molar-refractivity contribution in [3.05, 3.63) is 16.6 Å². The number of hydrogen-bond donors (Lipinski definition) is 0. The fourth-order valence-corrected chi connectivity index (χ4v) is 5.29. The van der Waals surface area contributed by atoms with Crippen molar-refractivity contribution in [1.29, 1.82) is 0 Å². The van der Waals surface area contributed by atoms with Gasteiger partial charge in [0, 0.05) is 19.2 Å². The van der Waals surface area contributed by atoms with Crippen LogP contribution in [0, 0.1) is 11.8 Å². The molecule has 0 aliphatic carbocycles. The van der Waals surface area contributed by atoms with Crippen LogP contribution in [0.5, 0.6) is 11.5 Å². The molecule has 1 aromatic carbocycles. The van der Waals surface area contributed by atoms with Crippen molar-refractivity contribution in [3.63, 3.8) is 0 Å².